The second kappa shape index (κ2) is 5.12. The topological polar surface area (TPSA) is 44.0 Å². The first-order valence-electron chi connectivity index (χ1n) is 6.49. The first kappa shape index (κ1) is 11.1. The summed E-state index contributed by atoms with van der Waals surface area (Å²) >= 11 is 0. The van der Waals surface area contributed by atoms with Crippen LogP contribution in [0.4, 0.5) is 11.4 Å². The number of anilines is 2. The molecule has 1 aliphatic heterocycles. The lowest BCUT2D eigenvalue weighted by Gasteiger charge is -2.21. The van der Waals surface area contributed by atoms with Crippen LogP contribution in [0.3, 0.4) is 0 Å². The lowest BCUT2D eigenvalue weighted by atomic mass is 10.2. The third-order valence-corrected chi connectivity index (χ3v) is 3.38. The molecule has 2 N–H and O–H groups in total. The van der Waals surface area contributed by atoms with Crippen molar-refractivity contribution in [3.8, 4) is 0 Å². The number of aromatic amines is 1. The van der Waals surface area contributed by atoms with Gasteiger partial charge in [0, 0.05) is 19.3 Å². The molecular formula is C14H18N4. The van der Waals surface area contributed by atoms with Crippen molar-refractivity contribution in [3.05, 3.63) is 42.2 Å². The maximum Gasteiger partial charge on any atom is 0.0602 e. The summed E-state index contributed by atoms with van der Waals surface area (Å²) < 4.78 is 0. The zero-order valence-electron chi connectivity index (χ0n) is 10.4. The molecule has 4 nitrogen and oxygen atoms in total. The Morgan fingerprint density at radius 2 is 2.00 bits per heavy atom. The summed E-state index contributed by atoms with van der Waals surface area (Å²) in [5.74, 6) is 0. The van der Waals surface area contributed by atoms with Crippen LogP contribution in [-0.4, -0.2) is 23.3 Å². The minimum atomic E-state index is 0.783. The minimum Gasteiger partial charge on any atom is -0.378 e. The van der Waals surface area contributed by atoms with Crippen LogP contribution in [0, 0.1) is 0 Å². The van der Waals surface area contributed by atoms with Gasteiger partial charge >= 0.3 is 0 Å². The molecule has 2 aromatic rings. The van der Waals surface area contributed by atoms with Crippen molar-refractivity contribution in [3.63, 3.8) is 0 Å². The van der Waals surface area contributed by atoms with Gasteiger partial charge in [0.15, 0.2) is 0 Å². The Morgan fingerprint density at radius 3 is 2.78 bits per heavy atom. The van der Waals surface area contributed by atoms with Crippen LogP contribution in [0.1, 0.15) is 18.5 Å². The Kier molecular flexibility index (Phi) is 3.17. The van der Waals surface area contributed by atoms with E-state index in [-0.39, 0.29) is 0 Å². The molecule has 0 atom stereocenters. The van der Waals surface area contributed by atoms with Crippen LogP contribution in [-0.2, 0) is 6.54 Å². The van der Waals surface area contributed by atoms with Crippen LogP contribution >= 0.6 is 0 Å². The fourth-order valence-electron chi connectivity index (χ4n) is 2.43. The van der Waals surface area contributed by atoms with Gasteiger partial charge in [-0.15, -0.1) is 0 Å². The van der Waals surface area contributed by atoms with Gasteiger partial charge < -0.3 is 10.2 Å². The molecule has 1 aliphatic rings. The van der Waals surface area contributed by atoms with Gasteiger partial charge in [0.05, 0.1) is 23.6 Å². The second-order valence-electron chi connectivity index (χ2n) is 4.65. The molecule has 0 saturated carbocycles. The zero-order chi connectivity index (χ0) is 12.2. The molecule has 0 bridgehead atoms. The molecule has 1 aromatic carbocycles. The van der Waals surface area contributed by atoms with Crippen molar-refractivity contribution in [2.45, 2.75) is 19.4 Å². The Balaban J connectivity index is 1.74. The van der Waals surface area contributed by atoms with Crippen molar-refractivity contribution in [2.75, 3.05) is 23.3 Å². The SMILES string of the molecule is c1ccc(N2CCCC2)c(NCc2ccn[nH]2)c1. The van der Waals surface area contributed by atoms with Crippen molar-refractivity contribution in [2.24, 2.45) is 0 Å². The van der Waals surface area contributed by atoms with Gasteiger partial charge in [0.2, 0.25) is 0 Å². The third kappa shape index (κ3) is 2.32. The van der Waals surface area contributed by atoms with Crippen LogP contribution in [0.2, 0.25) is 0 Å². The molecule has 0 aliphatic carbocycles. The molecule has 0 amide bonds. The molecule has 3 rings (SSSR count). The monoisotopic (exact) mass is 242 g/mol. The molecule has 2 heterocycles. The summed E-state index contributed by atoms with van der Waals surface area (Å²) in [6.45, 7) is 3.12. The van der Waals surface area contributed by atoms with Crippen LogP contribution in [0.25, 0.3) is 0 Å². The largest absolute Gasteiger partial charge is 0.378 e. The smallest absolute Gasteiger partial charge is 0.0602 e. The summed E-state index contributed by atoms with van der Waals surface area (Å²) in [5, 5.41) is 10.4. The van der Waals surface area contributed by atoms with Crippen LogP contribution < -0.4 is 10.2 Å². The average molecular weight is 242 g/mol. The fraction of sp³-hybridized carbons (Fsp3) is 0.357. The number of hydrogen-bond acceptors (Lipinski definition) is 3. The molecule has 0 unspecified atom stereocenters. The van der Waals surface area contributed by atoms with E-state index in [9.17, 15) is 0 Å². The van der Waals surface area contributed by atoms with Crippen molar-refractivity contribution < 1.29 is 0 Å². The number of rotatable bonds is 4. The normalized spacial score (nSPS) is 15.0. The van der Waals surface area contributed by atoms with Gasteiger partial charge in [-0.3, -0.25) is 5.10 Å². The Hall–Kier alpha value is -1.97. The minimum absolute atomic E-state index is 0.783. The van der Waals surface area contributed by atoms with E-state index in [0.717, 1.165) is 12.2 Å². The van der Waals surface area contributed by atoms with Crippen molar-refractivity contribution in [1.29, 1.82) is 0 Å². The molecule has 18 heavy (non-hydrogen) atoms. The highest BCUT2D eigenvalue weighted by molar-refractivity contribution is 5.70. The van der Waals surface area contributed by atoms with Crippen molar-refractivity contribution in [1.82, 2.24) is 10.2 Å². The van der Waals surface area contributed by atoms with E-state index in [1.54, 1.807) is 6.20 Å². The number of nitrogens with zero attached hydrogens (tertiary/aromatic N) is 2. The van der Waals surface area contributed by atoms with E-state index in [1.165, 1.54) is 37.3 Å². The number of hydrogen-bond donors (Lipinski definition) is 2. The van der Waals surface area contributed by atoms with E-state index < -0.39 is 0 Å². The van der Waals surface area contributed by atoms with E-state index in [1.807, 2.05) is 6.07 Å². The number of nitrogens with one attached hydrogen (secondary N) is 2. The number of aromatic nitrogens is 2. The summed E-state index contributed by atoms with van der Waals surface area (Å²) in [6.07, 6.45) is 4.38. The molecular weight excluding hydrogens is 224 g/mol. The number of para-hydroxylation sites is 2. The maximum atomic E-state index is 3.96. The van der Waals surface area contributed by atoms with Crippen LogP contribution in [0.15, 0.2) is 36.5 Å². The molecule has 1 aromatic heterocycles. The summed E-state index contributed by atoms with van der Waals surface area (Å²) in [4.78, 5) is 2.45. The van der Waals surface area contributed by atoms with Gasteiger partial charge in [-0.25, -0.2) is 0 Å². The first-order chi connectivity index (χ1) is 8.93. The summed E-state index contributed by atoms with van der Waals surface area (Å²) in [7, 11) is 0. The highest BCUT2D eigenvalue weighted by Gasteiger charge is 2.14. The third-order valence-electron chi connectivity index (χ3n) is 3.38. The van der Waals surface area contributed by atoms with Crippen LogP contribution in [0.5, 0.6) is 0 Å². The van der Waals surface area contributed by atoms with Gasteiger partial charge in [0.1, 0.15) is 0 Å². The van der Waals surface area contributed by atoms with Gasteiger partial charge in [-0.1, -0.05) is 12.1 Å². The van der Waals surface area contributed by atoms with E-state index in [0.29, 0.717) is 0 Å². The first-order valence-corrected chi connectivity index (χ1v) is 6.49. The van der Waals surface area contributed by atoms with E-state index in [2.05, 4.69) is 44.7 Å². The van der Waals surface area contributed by atoms with Gasteiger partial charge in [0.25, 0.3) is 0 Å². The number of H-pyrrole nitrogens is 1. The molecule has 4 heteroatoms. The lowest BCUT2D eigenvalue weighted by Crippen LogP contribution is -2.19. The fourth-order valence-corrected chi connectivity index (χ4v) is 2.43. The average Bonchev–Trinajstić information content (AvgIpc) is 3.10. The van der Waals surface area contributed by atoms with E-state index >= 15 is 0 Å². The summed E-state index contributed by atoms with van der Waals surface area (Å²) in [6, 6.07) is 10.5. The maximum absolute atomic E-state index is 3.96. The standard InChI is InChI=1S/C14H18N4/c1-2-6-14(18-9-3-4-10-18)13(5-1)15-11-12-7-8-16-17-12/h1-2,5-8,15H,3-4,9-11H2,(H,16,17). The van der Waals surface area contributed by atoms with Crippen molar-refractivity contribution >= 4 is 11.4 Å². The zero-order valence-corrected chi connectivity index (χ0v) is 10.4. The van der Waals surface area contributed by atoms with Gasteiger partial charge in [-0.05, 0) is 31.0 Å². The Morgan fingerprint density at radius 1 is 1.17 bits per heavy atom. The second-order valence-corrected chi connectivity index (χ2v) is 4.65. The Labute approximate surface area is 107 Å². The quantitative estimate of drug-likeness (QED) is 0.866. The number of benzene rings is 1. The van der Waals surface area contributed by atoms with E-state index in [4.69, 9.17) is 0 Å². The Bertz CT molecular complexity index is 486. The summed E-state index contributed by atoms with van der Waals surface area (Å²) in [5.41, 5.74) is 3.62. The lowest BCUT2D eigenvalue weighted by molar-refractivity contribution is 0.949. The molecule has 0 spiro atoms. The predicted octanol–water partition coefficient (Wildman–Crippen LogP) is 2.62. The molecule has 94 valence electrons. The molecule has 0 radical (unpaired) electrons. The van der Waals surface area contributed by atoms with Gasteiger partial charge in [-0.2, -0.15) is 5.10 Å². The molecule has 1 saturated heterocycles. The molecule has 1 fully saturated rings. The predicted molar refractivity (Wildman–Crippen MR) is 73.8 cm³/mol. The highest BCUT2D eigenvalue weighted by atomic mass is 15.2. The highest BCUT2D eigenvalue weighted by Crippen LogP contribution is 2.28.